The van der Waals surface area contributed by atoms with Crippen molar-refractivity contribution in [3.05, 3.63) is 29.3 Å². The van der Waals surface area contributed by atoms with E-state index in [1.54, 1.807) is 18.2 Å². The largest absolute Gasteiger partial charge is 0.496 e. The molecule has 5 nitrogen and oxygen atoms in total. The second-order valence-corrected chi connectivity index (χ2v) is 4.13. The Labute approximate surface area is 106 Å². The van der Waals surface area contributed by atoms with E-state index < -0.39 is 12.0 Å². The van der Waals surface area contributed by atoms with Gasteiger partial charge in [0.2, 0.25) is 0 Å². The van der Waals surface area contributed by atoms with E-state index in [9.17, 15) is 9.59 Å². The number of methoxy groups -OCH3 is 1. The number of carboxylic acids is 1. The summed E-state index contributed by atoms with van der Waals surface area (Å²) in [5, 5.41) is 8.89. The fourth-order valence-electron chi connectivity index (χ4n) is 1.51. The second-order valence-electron chi connectivity index (χ2n) is 4.13. The van der Waals surface area contributed by atoms with Crippen molar-refractivity contribution in [3.8, 4) is 5.75 Å². The van der Waals surface area contributed by atoms with Gasteiger partial charge in [-0.25, -0.2) is 4.79 Å². The molecule has 0 aliphatic carbocycles. The minimum absolute atomic E-state index is 0.360. The summed E-state index contributed by atoms with van der Waals surface area (Å²) in [6.07, 6.45) is 0. The quantitative estimate of drug-likeness (QED) is 0.881. The predicted molar refractivity (Wildman–Crippen MR) is 66.9 cm³/mol. The molecule has 0 aromatic heterocycles. The number of aliphatic carboxylic acids is 1. The fourth-order valence-corrected chi connectivity index (χ4v) is 1.51. The highest BCUT2D eigenvalue weighted by Crippen LogP contribution is 2.21. The Bertz CT molecular complexity index is 470. The Kier molecular flexibility index (Phi) is 4.31. The predicted octanol–water partition coefficient (Wildman–Crippen LogP) is 1.55. The molecule has 1 amide bonds. The zero-order valence-electron chi connectivity index (χ0n) is 10.9. The van der Waals surface area contributed by atoms with Gasteiger partial charge in [-0.2, -0.15) is 0 Å². The summed E-state index contributed by atoms with van der Waals surface area (Å²) in [4.78, 5) is 24.2. The monoisotopic (exact) mass is 251 g/mol. The normalized spacial score (nSPS) is 11.8. The third kappa shape index (κ3) is 2.80. The Morgan fingerprint density at radius 3 is 2.50 bits per heavy atom. The smallest absolute Gasteiger partial charge is 0.326 e. The molecule has 0 radical (unpaired) electrons. The number of amides is 1. The summed E-state index contributed by atoms with van der Waals surface area (Å²) in [5.74, 6) is -0.969. The number of carboxylic acid groups (broad SMARTS) is 1. The summed E-state index contributed by atoms with van der Waals surface area (Å²) in [7, 11) is 2.94. The minimum atomic E-state index is -1.04. The molecule has 1 rings (SSSR count). The van der Waals surface area contributed by atoms with Crippen molar-refractivity contribution in [1.82, 2.24) is 4.90 Å². The second kappa shape index (κ2) is 5.53. The van der Waals surface area contributed by atoms with Gasteiger partial charge in [0.05, 0.1) is 12.7 Å². The molecule has 5 heteroatoms. The molecule has 0 saturated carbocycles. The average molecular weight is 251 g/mol. The molecule has 0 bridgehead atoms. The first-order valence-corrected chi connectivity index (χ1v) is 5.53. The van der Waals surface area contributed by atoms with Crippen LogP contribution in [0, 0.1) is 6.92 Å². The van der Waals surface area contributed by atoms with Crippen LogP contribution in [0.2, 0.25) is 0 Å². The van der Waals surface area contributed by atoms with Gasteiger partial charge >= 0.3 is 5.97 Å². The number of aryl methyl sites for hydroxylation is 1. The highest BCUT2D eigenvalue weighted by molar-refractivity contribution is 5.98. The Morgan fingerprint density at radius 2 is 2.00 bits per heavy atom. The lowest BCUT2D eigenvalue weighted by Gasteiger charge is -2.22. The summed E-state index contributed by atoms with van der Waals surface area (Å²) in [5.41, 5.74) is 1.33. The van der Waals surface area contributed by atoms with Crippen molar-refractivity contribution in [2.75, 3.05) is 14.2 Å². The number of rotatable bonds is 4. The molecule has 1 unspecified atom stereocenters. The van der Waals surface area contributed by atoms with Gasteiger partial charge < -0.3 is 14.7 Å². The van der Waals surface area contributed by atoms with Crippen LogP contribution in [0.5, 0.6) is 5.75 Å². The maximum absolute atomic E-state index is 12.2. The van der Waals surface area contributed by atoms with E-state index in [1.807, 2.05) is 6.92 Å². The maximum atomic E-state index is 12.2. The highest BCUT2D eigenvalue weighted by atomic mass is 16.5. The van der Waals surface area contributed by atoms with Crippen LogP contribution in [0.4, 0.5) is 0 Å². The fraction of sp³-hybridized carbons (Fsp3) is 0.385. The van der Waals surface area contributed by atoms with Crippen LogP contribution in [0.1, 0.15) is 22.8 Å². The number of carbonyl (C=O) groups is 2. The minimum Gasteiger partial charge on any atom is -0.496 e. The average Bonchev–Trinajstić information content (AvgIpc) is 2.35. The van der Waals surface area contributed by atoms with Gasteiger partial charge in [-0.05, 0) is 31.5 Å². The topological polar surface area (TPSA) is 66.8 Å². The van der Waals surface area contributed by atoms with Gasteiger partial charge in [0.15, 0.2) is 0 Å². The first-order chi connectivity index (χ1) is 8.38. The van der Waals surface area contributed by atoms with E-state index in [1.165, 1.54) is 26.0 Å². The number of ether oxygens (including phenoxy) is 1. The lowest BCUT2D eigenvalue weighted by Crippen LogP contribution is -2.40. The van der Waals surface area contributed by atoms with E-state index in [-0.39, 0.29) is 5.91 Å². The SMILES string of the molecule is COc1cc(C)ccc1C(=O)N(C)C(C)C(=O)O. The van der Waals surface area contributed by atoms with Gasteiger partial charge in [-0.3, -0.25) is 4.79 Å². The third-order valence-corrected chi connectivity index (χ3v) is 2.85. The van der Waals surface area contributed by atoms with Gasteiger partial charge in [-0.15, -0.1) is 0 Å². The van der Waals surface area contributed by atoms with Crippen molar-refractivity contribution in [2.24, 2.45) is 0 Å². The van der Waals surface area contributed by atoms with E-state index >= 15 is 0 Å². The molecule has 0 heterocycles. The van der Waals surface area contributed by atoms with Crippen molar-refractivity contribution in [2.45, 2.75) is 19.9 Å². The van der Waals surface area contributed by atoms with Crippen molar-refractivity contribution in [3.63, 3.8) is 0 Å². The molecule has 0 spiro atoms. The summed E-state index contributed by atoms with van der Waals surface area (Å²) >= 11 is 0. The Morgan fingerprint density at radius 1 is 1.39 bits per heavy atom. The standard InChI is InChI=1S/C13H17NO4/c1-8-5-6-10(11(7-8)18-4)12(15)14(3)9(2)13(16)17/h5-7,9H,1-4H3,(H,16,17). The number of hydrogen-bond donors (Lipinski definition) is 1. The van der Waals surface area contributed by atoms with E-state index in [0.29, 0.717) is 11.3 Å². The first kappa shape index (κ1) is 14.0. The number of carbonyl (C=O) groups excluding carboxylic acids is 1. The molecule has 1 aromatic carbocycles. The Hall–Kier alpha value is -2.04. The zero-order valence-corrected chi connectivity index (χ0v) is 10.9. The highest BCUT2D eigenvalue weighted by Gasteiger charge is 2.24. The van der Waals surface area contributed by atoms with Crippen molar-refractivity contribution >= 4 is 11.9 Å². The van der Waals surface area contributed by atoms with Crippen molar-refractivity contribution in [1.29, 1.82) is 0 Å². The lowest BCUT2D eigenvalue weighted by molar-refractivity contribution is -0.141. The maximum Gasteiger partial charge on any atom is 0.326 e. The van der Waals surface area contributed by atoms with Crippen LogP contribution >= 0.6 is 0 Å². The van der Waals surface area contributed by atoms with E-state index in [2.05, 4.69) is 0 Å². The zero-order chi connectivity index (χ0) is 13.9. The molecule has 0 aliphatic rings. The van der Waals surface area contributed by atoms with E-state index in [0.717, 1.165) is 5.56 Å². The number of likely N-dealkylation sites (N-methyl/N-ethyl adjacent to an activating group) is 1. The molecular formula is C13H17NO4. The van der Waals surface area contributed by atoms with Crippen LogP contribution in [0.15, 0.2) is 18.2 Å². The van der Waals surface area contributed by atoms with Crippen molar-refractivity contribution < 1.29 is 19.4 Å². The number of hydrogen-bond acceptors (Lipinski definition) is 3. The number of benzene rings is 1. The van der Waals surface area contributed by atoms with Gasteiger partial charge in [0.25, 0.3) is 5.91 Å². The molecule has 1 aromatic rings. The molecule has 1 N–H and O–H groups in total. The van der Waals surface area contributed by atoms with Crippen LogP contribution < -0.4 is 4.74 Å². The van der Waals surface area contributed by atoms with Crippen LogP contribution in [-0.2, 0) is 4.79 Å². The van der Waals surface area contributed by atoms with Gasteiger partial charge in [-0.1, -0.05) is 6.07 Å². The van der Waals surface area contributed by atoms with E-state index in [4.69, 9.17) is 9.84 Å². The lowest BCUT2D eigenvalue weighted by atomic mass is 10.1. The molecule has 1 atom stereocenters. The third-order valence-electron chi connectivity index (χ3n) is 2.85. The van der Waals surface area contributed by atoms with Crippen LogP contribution in [0.3, 0.4) is 0 Å². The summed E-state index contributed by atoms with van der Waals surface area (Å²) in [6, 6.07) is 4.28. The molecule has 0 aliphatic heterocycles. The van der Waals surface area contributed by atoms with Crippen LogP contribution in [-0.4, -0.2) is 42.1 Å². The molecule has 0 saturated heterocycles. The summed E-state index contributed by atoms with van der Waals surface area (Å²) < 4.78 is 5.14. The van der Waals surface area contributed by atoms with Gasteiger partial charge in [0.1, 0.15) is 11.8 Å². The van der Waals surface area contributed by atoms with Crippen LogP contribution in [0.25, 0.3) is 0 Å². The van der Waals surface area contributed by atoms with Gasteiger partial charge in [0, 0.05) is 7.05 Å². The molecular weight excluding hydrogens is 234 g/mol. The molecule has 98 valence electrons. The molecule has 18 heavy (non-hydrogen) atoms. The first-order valence-electron chi connectivity index (χ1n) is 5.53. The number of nitrogens with zero attached hydrogens (tertiary/aromatic N) is 1. The molecule has 0 fully saturated rings. The Balaban J connectivity index is 3.07. The summed E-state index contributed by atoms with van der Waals surface area (Å²) in [6.45, 7) is 3.35.